The molecule has 0 saturated heterocycles. The van der Waals surface area contributed by atoms with E-state index in [1.807, 2.05) is 0 Å². The first kappa shape index (κ1) is 15.0. The van der Waals surface area contributed by atoms with E-state index in [2.05, 4.69) is 34.9 Å². The lowest BCUT2D eigenvalue weighted by molar-refractivity contribution is -0.914. The molecule has 0 amide bonds. The maximum Gasteiger partial charge on any atom is 0.0883 e. The molecule has 0 heterocycles. The van der Waals surface area contributed by atoms with Crippen molar-refractivity contribution in [2.45, 2.75) is 71.8 Å². The van der Waals surface area contributed by atoms with E-state index in [1.54, 1.807) is 0 Å². The predicted molar refractivity (Wildman–Crippen MR) is 70.1 cm³/mol. The van der Waals surface area contributed by atoms with Crippen LogP contribution in [0.1, 0.15) is 65.7 Å². The molecule has 0 radical (unpaired) electrons. The van der Waals surface area contributed by atoms with E-state index in [9.17, 15) is 0 Å². The summed E-state index contributed by atoms with van der Waals surface area (Å²) in [6, 6.07) is 0.872. The first-order chi connectivity index (χ1) is 7.08. The zero-order valence-electron chi connectivity index (χ0n) is 11.7. The summed E-state index contributed by atoms with van der Waals surface area (Å²) >= 11 is 0. The van der Waals surface area contributed by atoms with Crippen molar-refractivity contribution < 1.29 is 4.48 Å². The van der Waals surface area contributed by atoms with E-state index in [4.69, 9.17) is 0 Å². The molecular formula is C14H32N+. The molecular weight excluding hydrogens is 182 g/mol. The predicted octanol–water partition coefficient (Wildman–Crippen LogP) is 4.22. The van der Waals surface area contributed by atoms with Crippen LogP contribution in [0.15, 0.2) is 0 Å². The van der Waals surface area contributed by atoms with Crippen molar-refractivity contribution in [2.75, 3.05) is 20.6 Å². The maximum absolute atomic E-state index is 2.38. The topological polar surface area (TPSA) is 0 Å². The number of quaternary nitrogens is 1. The summed E-state index contributed by atoms with van der Waals surface area (Å²) in [5, 5.41) is 0. The first-order valence-corrected chi connectivity index (χ1v) is 6.91. The van der Waals surface area contributed by atoms with Crippen molar-refractivity contribution >= 4 is 0 Å². The van der Waals surface area contributed by atoms with Crippen LogP contribution in [-0.4, -0.2) is 31.2 Å². The van der Waals surface area contributed by atoms with Gasteiger partial charge in [-0.15, -0.1) is 0 Å². The van der Waals surface area contributed by atoms with E-state index in [0.717, 1.165) is 6.04 Å². The summed E-state index contributed by atoms with van der Waals surface area (Å²) in [6.07, 6.45) is 9.83. The zero-order chi connectivity index (χ0) is 11.7. The summed E-state index contributed by atoms with van der Waals surface area (Å²) < 4.78 is 1.20. The summed E-state index contributed by atoms with van der Waals surface area (Å²) in [6.45, 7) is 8.19. The van der Waals surface area contributed by atoms with Crippen LogP contribution in [0.4, 0.5) is 0 Å². The molecule has 1 heteroatoms. The van der Waals surface area contributed by atoms with Gasteiger partial charge in [0, 0.05) is 0 Å². The SMILES string of the molecule is CCCCCCCC(CC)[N+](C)(C)CC. The zero-order valence-corrected chi connectivity index (χ0v) is 11.7. The standard InChI is InChI=1S/C14H32N/c1-6-9-10-11-12-13-14(7-2)15(4,5)8-3/h14H,6-13H2,1-5H3/q+1. The minimum Gasteiger partial charge on any atom is -0.326 e. The van der Waals surface area contributed by atoms with Gasteiger partial charge in [-0.05, 0) is 26.2 Å². The molecule has 0 aromatic heterocycles. The number of hydrogen-bond acceptors (Lipinski definition) is 0. The number of nitrogens with zero attached hydrogens (tertiary/aromatic N) is 1. The lowest BCUT2D eigenvalue weighted by atomic mass is 10.0. The molecule has 0 bridgehead atoms. The Morgan fingerprint density at radius 2 is 1.47 bits per heavy atom. The van der Waals surface area contributed by atoms with Crippen LogP contribution in [0.2, 0.25) is 0 Å². The highest BCUT2D eigenvalue weighted by molar-refractivity contribution is 4.57. The normalized spacial score (nSPS) is 14.2. The Labute approximate surface area is 97.5 Å². The lowest BCUT2D eigenvalue weighted by Gasteiger charge is -2.37. The van der Waals surface area contributed by atoms with Crippen molar-refractivity contribution in [3.63, 3.8) is 0 Å². The third-order valence-corrected chi connectivity index (χ3v) is 3.92. The molecule has 1 nitrogen and oxygen atoms in total. The van der Waals surface area contributed by atoms with Crippen molar-refractivity contribution in [1.82, 2.24) is 0 Å². The van der Waals surface area contributed by atoms with E-state index in [1.165, 1.54) is 56.0 Å². The molecule has 0 aromatic rings. The van der Waals surface area contributed by atoms with Crippen molar-refractivity contribution in [2.24, 2.45) is 0 Å². The van der Waals surface area contributed by atoms with E-state index < -0.39 is 0 Å². The van der Waals surface area contributed by atoms with Gasteiger partial charge in [-0.2, -0.15) is 0 Å². The fourth-order valence-electron chi connectivity index (χ4n) is 2.29. The van der Waals surface area contributed by atoms with Crippen LogP contribution in [0.5, 0.6) is 0 Å². The summed E-state index contributed by atoms with van der Waals surface area (Å²) in [4.78, 5) is 0. The van der Waals surface area contributed by atoms with Gasteiger partial charge in [-0.1, -0.05) is 39.5 Å². The summed E-state index contributed by atoms with van der Waals surface area (Å²) in [7, 11) is 4.75. The van der Waals surface area contributed by atoms with Gasteiger partial charge >= 0.3 is 0 Å². The monoisotopic (exact) mass is 214 g/mol. The second-order valence-electron chi connectivity index (χ2n) is 5.36. The Balaban J connectivity index is 3.71. The lowest BCUT2D eigenvalue weighted by Crippen LogP contribution is -2.48. The van der Waals surface area contributed by atoms with Gasteiger partial charge in [0.25, 0.3) is 0 Å². The van der Waals surface area contributed by atoms with Crippen LogP contribution in [0.3, 0.4) is 0 Å². The molecule has 0 aliphatic carbocycles. The molecule has 0 fully saturated rings. The molecule has 1 atom stereocenters. The molecule has 92 valence electrons. The second-order valence-corrected chi connectivity index (χ2v) is 5.36. The molecule has 0 spiro atoms. The summed E-state index contributed by atoms with van der Waals surface area (Å²) in [5.74, 6) is 0. The molecule has 0 aliphatic heterocycles. The Morgan fingerprint density at radius 1 is 0.867 bits per heavy atom. The third-order valence-electron chi connectivity index (χ3n) is 3.92. The second kappa shape index (κ2) is 8.15. The first-order valence-electron chi connectivity index (χ1n) is 6.91. The van der Waals surface area contributed by atoms with Gasteiger partial charge < -0.3 is 4.48 Å². The maximum atomic E-state index is 2.38. The van der Waals surface area contributed by atoms with E-state index in [-0.39, 0.29) is 0 Å². The molecule has 15 heavy (non-hydrogen) atoms. The van der Waals surface area contributed by atoms with Crippen LogP contribution >= 0.6 is 0 Å². The highest BCUT2D eigenvalue weighted by atomic mass is 15.3. The third kappa shape index (κ3) is 6.19. The Kier molecular flexibility index (Phi) is 8.13. The highest BCUT2D eigenvalue weighted by Gasteiger charge is 2.23. The Morgan fingerprint density at radius 3 is 1.93 bits per heavy atom. The van der Waals surface area contributed by atoms with Gasteiger partial charge in [0.1, 0.15) is 0 Å². The molecule has 0 N–H and O–H groups in total. The van der Waals surface area contributed by atoms with Crippen LogP contribution in [0.25, 0.3) is 0 Å². The molecule has 1 unspecified atom stereocenters. The van der Waals surface area contributed by atoms with Gasteiger partial charge in [0.05, 0.1) is 26.7 Å². The number of unbranched alkanes of at least 4 members (excludes halogenated alkanes) is 4. The van der Waals surface area contributed by atoms with Crippen molar-refractivity contribution in [1.29, 1.82) is 0 Å². The molecule has 0 saturated carbocycles. The summed E-state index contributed by atoms with van der Waals surface area (Å²) in [5.41, 5.74) is 0. The molecule has 0 aromatic carbocycles. The molecule has 0 rings (SSSR count). The van der Waals surface area contributed by atoms with Gasteiger partial charge in [0.15, 0.2) is 0 Å². The minimum absolute atomic E-state index is 0.872. The average Bonchev–Trinajstić information content (AvgIpc) is 2.23. The van der Waals surface area contributed by atoms with E-state index >= 15 is 0 Å². The smallest absolute Gasteiger partial charge is 0.0883 e. The average molecular weight is 214 g/mol. The van der Waals surface area contributed by atoms with Gasteiger partial charge in [-0.25, -0.2) is 0 Å². The van der Waals surface area contributed by atoms with Crippen LogP contribution in [0, 0.1) is 0 Å². The fraction of sp³-hybridized carbons (Fsp3) is 1.00. The van der Waals surface area contributed by atoms with Crippen LogP contribution < -0.4 is 0 Å². The van der Waals surface area contributed by atoms with Gasteiger partial charge in [0.2, 0.25) is 0 Å². The van der Waals surface area contributed by atoms with E-state index in [0.29, 0.717) is 0 Å². The van der Waals surface area contributed by atoms with Crippen molar-refractivity contribution in [3.05, 3.63) is 0 Å². The fourth-order valence-corrected chi connectivity index (χ4v) is 2.29. The highest BCUT2D eigenvalue weighted by Crippen LogP contribution is 2.18. The van der Waals surface area contributed by atoms with Crippen molar-refractivity contribution in [3.8, 4) is 0 Å². The molecule has 0 aliphatic rings. The minimum atomic E-state index is 0.872. The largest absolute Gasteiger partial charge is 0.326 e. The Bertz CT molecular complexity index is 140. The van der Waals surface area contributed by atoms with Crippen LogP contribution in [-0.2, 0) is 0 Å². The quantitative estimate of drug-likeness (QED) is 0.398. The number of hydrogen-bond donors (Lipinski definition) is 0. The number of rotatable bonds is 9. The van der Waals surface area contributed by atoms with Gasteiger partial charge in [-0.3, -0.25) is 0 Å². The Hall–Kier alpha value is -0.0400.